The Labute approximate surface area is 80.4 Å². The van der Waals surface area contributed by atoms with Crippen LogP contribution in [-0.4, -0.2) is 25.3 Å². The van der Waals surface area contributed by atoms with Crippen molar-refractivity contribution in [3.8, 4) is 0 Å². The molecule has 0 spiro atoms. The summed E-state index contributed by atoms with van der Waals surface area (Å²) >= 11 is 0. The van der Waals surface area contributed by atoms with Crippen LogP contribution in [0.5, 0.6) is 0 Å². The fourth-order valence-corrected chi connectivity index (χ4v) is 2.08. The first-order valence-electron chi connectivity index (χ1n) is 5.48. The highest BCUT2D eigenvalue weighted by Crippen LogP contribution is 2.17. The summed E-state index contributed by atoms with van der Waals surface area (Å²) in [5, 5.41) is 3.38. The van der Waals surface area contributed by atoms with Crippen LogP contribution in [0, 0.1) is 0 Å². The second kappa shape index (κ2) is 4.77. The van der Waals surface area contributed by atoms with Gasteiger partial charge in [0.25, 0.3) is 0 Å². The Balaban J connectivity index is 1.75. The van der Waals surface area contributed by atoms with Crippen molar-refractivity contribution in [3.05, 3.63) is 12.2 Å². The molecular weight excluding hydrogens is 162 g/mol. The Bertz CT molecular complexity index is 173. The first-order chi connectivity index (χ1) is 6.45. The lowest BCUT2D eigenvalue weighted by molar-refractivity contribution is -0.00545. The molecule has 2 rings (SSSR count). The van der Waals surface area contributed by atoms with Gasteiger partial charge in [0, 0.05) is 6.54 Å². The summed E-state index contributed by atoms with van der Waals surface area (Å²) in [6.07, 6.45) is 11.6. The molecule has 2 nitrogen and oxygen atoms in total. The maximum Gasteiger partial charge on any atom is 0.0760 e. The summed E-state index contributed by atoms with van der Waals surface area (Å²) in [6, 6.07) is 0. The lowest BCUT2D eigenvalue weighted by Gasteiger charge is -2.27. The van der Waals surface area contributed by atoms with Crippen LogP contribution < -0.4 is 5.32 Å². The summed E-state index contributed by atoms with van der Waals surface area (Å²) in [7, 11) is 0. The van der Waals surface area contributed by atoms with Gasteiger partial charge in [0.05, 0.1) is 12.2 Å². The molecule has 0 bridgehead atoms. The van der Waals surface area contributed by atoms with Crippen LogP contribution >= 0.6 is 0 Å². The molecule has 2 aliphatic rings. The Morgan fingerprint density at radius 1 is 1.23 bits per heavy atom. The SMILES string of the molecule is C1=CC(OC2CCCNC2)CCC1. The zero-order valence-electron chi connectivity index (χ0n) is 8.17. The number of allylic oxidation sites excluding steroid dienone is 1. The van der Waals surface area contributed by atoms with Gasteiger partial charge in [0.2, 0.25) is 0 Å². The molecule has 0 radical (unpaired) electrons. The third-order valence-corrected chi connectivity index (χ3v) is 2.83. The second-order valence-electron chi connectivity index (χ2n) is 4.00. The molecule has 2 heteroatoms. The number of piperidine rings is 1. The molecular formula is C11H19NO. The molecule has 0 aromatic rings. The lowest BCUT2D eigenvalue weighted by atomic mass is 10.0. The fraction of sp³-hybridized carbons (Fsp3) is 0.818. The lowest BCUT2D eigenvalue weighted by Crippen LogP contribution is -2.37. The number of hydrogen-bond donors (Lipinski definition) is 1. The minimum absolute atomic E-state index is 0.402. The van der Waals surface area contributed by atoms with Gasteiger partial charge in [-0.05, 0) is 38.6 Å². The van der Waals surface area contributed by atoms with E-state index < -0.39 is 0 Å². The second-order valence-corrected chi connectivity index (χ2v) is 4.00. The van der Waals surface area contributed by atoms with Crippen LogP contribution in [-0.2, 0) is 4.74 Å². The molecule has 2 unspecified atom stereocenters. The summed E-state index contributed by atoms with van der Waals surface area (Å²) in [6.45, 7) is 2.21. The van der Waals surface area contributed by atoms with Crippen molar-refractivity contribution < 1.29 is 4.74 Å². The smallest absolute Gasteiger partial charge is 0.0760 e. The number of rotatable bonds is 2. The highest BCUT2D eigenvalue weighted by molar-refractivity contribution is 4.94. The van der Waals surface area contributed by atoms with E-state index in [2.05, 4.69) is 17.5 Å². The van der Waals surface area contributed by atoms with Gasteiger partial charge in [-0.1, -0.05) is 12.2 Å². The third-order valence-electron chi connectivity index (χ3n) is 2.83. The summed E-state index contributed by atoms with van der Waals surface area (Å²) in [4.78, 5) is 0. The quantitative estimate of drug-likeness (QED) is 0.657. The largest absolute Gasteiger partial charge is 0.370 e. The molecule has 74 valence electrons. The number of hydrogen-bond acceptors (Lipinski definition) is 2. The Morgan fingerprint density at radius 2 is 2.23 bits per heavy atom. The Kier molecular flexibility index (Phi) is 3.39. The normalized spacial score (nSPS) is 34.8. The average molecular weight is 181 g/mol. The molecule has 0 saturated carbocycles. The molecule has 0 aromatic carbocycles. The van der Waals surface area contributed by atoms with Crippen LogP contribution in [0.2, 0.25) is 0 Å². The highest BCUT2D eigenvalue weighted by Gasteiger charge is 2.17. The Morgan fingerprint density at radius 3 is 2.92 bits per heavy atom. The molecule has 1 aliphatic heterocycles. The minimum Gasteiger partial charge on any atom is -0.370 e. The topological polar surface area (TPSA) is 21.3 Å². The van der Waals surface area contributed by atoms with Crippen LogP contribution in [0.3, 0.4) is 0 Å². The van der Waals surface area contributed by atoms with Gasteiger partial charge in [0.15, 0.2) is 0 Å². The molecule has 1 fully saturated rings. The first-order valence-corrected chi connectivity index (χ1v) is 5.48. The van der Waals surface area contributed by atoms with Crippen LogP contribution in [0.15, 0.2) is 12.2 Å². The van der Waals surface area contributed by atoms with Crippen LogP contribution in [0.4, 0.5) is 0 Å². The number of ether oxygens (including phenoxy) is 1. The number of nitrogens with one attached hydrogen (secondary N) is 1. The van der Waals surface area contributed by atoms with Crippen LogP contribution in [0.25, 0.3) is 0 Å². The van der Waals surface area contributed by atoms with E-state index in [9.17, 15) is 0 Å². The third kappa shape index (κ3) is 2.82. The van der Waals surface area contributed by atoms with Crippen molar-refractivity contribution >= 4 is 0 Å². The van der Waals surface area contributed by atoms with Gasteiger partial charge in [0.1, 0.15) is 0 Å². The highest BCUT2D eigenvalue weighted by atomic mass is 16.5. The summed E-state index contributed by atoms with van der Waals surface area (Å²) < 4.78 is 5.98. The summed E-state index contributed by atoms with van der Waals surface area (Å²) in [5.74, 6) is 0. The van der Waals surface area contributed by atoms with Crippen LogP contribution in [0.1, 0.15) is 32.1 Å². The van der Waals surface area contributed by atoms with E-state index in [0.717, 1.165) is 6.54 Å². The molecule has 0 aromatic heterocycles. The standard InChI is InChI=1S/C11H19NO/c1-2-5-10(6-3-1)13-11-7-4-8-12-9-11/h2,5,10-12H,1,3-4,6-9H2. The molecule has 1 aliphatic carbocycles. The average Bonchev–Trinajstić information content (AvgIpc) is 2.21. The minimum atomic E-state index is 0.402. The molecule has 13 heavy (non-hydrogen) atoms. The molecule has 1 N–H and O–H groups in total. The van der Waals surface area contributed by atoms with Crippen molar-refractivity contribution in [3.63, 3.8) is 0 Å². The monoisotopic (exact) mass is 181 g/mol. The van der Waals surface area contributed by atoms with E-state index in [1.807, 2.05) is 0 Å². The molecule has 1 saturated heterocycles. The van der Waals surface area contributed by atoms with Crippen molar-refractivity contribution in [1.29, 1.82) is 0 Å². The Hall–Kier alpha value is -0.340. The van der Waals surface area contributed by atoms with Gasteiger partial charge in [-0.15, -0.1) is 0 Å². The van der Waals surface area contributed by atoms with Gasteiger partial charge in [-0.2, -0.15) is 0 Å². The zero-order chi connectivity index (χ0) is 8.93. The summed E-state index contributed by atoms with van der Waals surface area (Å²) in [5.41, 5.74) is 0. The van der Waals surface area contributed by atoms with E-state index in [4.69, 9.17) is 4.74 Å². The predicted octanol–water partition coefficient (Wildman–Crippen LogP) is 1.86. The van der Waals surface area contributed by atoms with E-state index in [1.54, 1.807) is 0 Å². The fourth-order valence-electron chi connectivity index (χ4n) is 2.08. The predicted molar refractivity (Wildman–Crippen MR) is 53.8 cm³/mol. The molecule has 2 atom stereocenters. The van der Waals surface area contributed by atoms with E-state index in [-0.39, 0.29) is 0 Å². The van der Waals surface area contributed by atoms with Crippen molar-refractivity contribution in [2.45, 2.75) is 44.3 Å². The molecule has 0 amide bonds. The van der Waals surface area contributed by atoms with Gasteiger partial charge >= 0.3 is 0 Å². The van der Waals surface area contributed by atoms with Crippen molar-refractivity contribution in [2.24, 2.45) is 0 Å². The van der Waals surface area contributed by atoms with Crippen molar-refractivity contribution in [2.75, 3.05) is 13.1 Å². The van der Waals surface area contributed by atoms with Gasteiger partial charge in [-0.25, -0.2) is 0 Å². The maximum absolute atomic E-state index is 5.98. The zero-order valence-corrected chi connectivity index (χ0v) is 8.17. The first kappa shape index (κ1) is 9.22. The van der Waals surface area contributed by atoms with Gasteiger partial charge in [-0.3, -0.25) is 0 Å². The van der Waals surface area contributed by atoms with Crippen molar-refractivity contribution in [1.82, 2.24) is 5.32 Å². The van der Waals surface area contributed by atoms with E-state index in [0.29, 0.717) is 12.2 Å². The maximum atomic E-state index is 5.98. The molecule has 1 heterocycles. The van der Waals surface area contributed by atoms with E-state index in [1.165, 1.54) is 38.6 Å². The van der Waals surface area contributed by atoms with Gasteiger partial charge < -0.3 is 10.1 Å². The van der Waals surface area contributed by atoms with E-state index >= 15 is 0 Å².